The van der Waals surface area contributed by atoms with E-state index in [1.165, 1.54) is 19.2 Å². The molecule has 0 unspecified atom stereocenters. The van der Waals surface area contributed by atoms with Gasteiger partial charge in [0.05, 0.1) is 13.7 Å². The average Bonchev–Trinajstić information content (AvgIpc) is 3.16. The third-order valence-corrected chi connectivity index (χ3v) is 3.44. The first kappa shape index (κ1) is 15.5. The smallest absolute Gasteiger partial charge is 0.373 e. The van der Waals surface area contributed by atoms with E-state index >= 15 is 0 Å². The molecule has 0 spiro atoms. The van der Waals surface area contributed by atoms with E-state index in [9.17, 15) is 14.4 Å². The number of benzene rings is 1. The topological polar surface area (TPSA) is 88.9 Å². The van der Waals surface area contributed by atoms with Gasteiger partial charge < -0.3 is 14.5 Å². The molecule has 3 amide bonds. The van der Waals surface area contributed by atoms with Crippen LogP contribution in [0.1, 0.15) is 21.9 Å². The van der Waals surface area contributed by atoms with Gasteiger partial charge in [-0.15, -0.1) is 0 Å². The standard InChI is InChI=1S/C17H14N2O5/c1-23-16(21)14-8-7-12(24-14)10-19-15(20)13(18-17(19)22)9-11-5-3-2-4-6-11/h2-9H,10H2,1H3,(H,18,22). The van der Waals surface area contributed by atoms with Gasteiger partial charge in [0, 0.05) is 0 Å². The van der Waals surface area contributed by atoms with Crippen LogP contribution in [-0.4, -0.2) is 29.9 Å². The number of hydrogen-bond donors (Lipinski definition) is 1. The van der Waals surface area contributed by atoms with Gasteiger partial charge in [-0.05, 0) is 23.8 Å². The summed E-state index contributed by atoms with van der Waals surface area (Å²) in [5.41, 5.74) is 0.986. The van der Waals surface area contributed by atoms with E-state index in [0.717, 1.165) is 10.5 Å². The molecule has 1 fully saturated rings. The van der Waals surface area contributed by atoms with E-state index in [1.54, 1.807) is 6.08 Å². The number of nitrogens with zero attached hydrogens (tertiary/aromatic N) is 1. The zero-order chi connectivity index (χ0) is 17.1. The minimum Gasteiger partial charge on any atom is -0.463 e. The van der Waals surface area contributed by atoms with Crippen molar-refractivity contribution >= 4 is 24.0 Å². The lowest BCUT2D eigenvalue weighted by Crippen LogP contribution is -2.30. The first-order chi connectivity index (χ1) is 11.6. The molecule has 1 aromatic carbocycles. The van der Waals surface area contributed by atoms with E-state index in [1.807, 2.05) is 30.3 Å². The maximum atomic E-state index is 12.4. The molecule has 1 aliphatic rings. The summed E-state index contributed by atoms with van der Waals surface area (Å²) in [6.07, 6.45) is 1.60. The van der Waals surface area contributed by atoms with Crippen LogP contribution in [0.3, 0.4) is 0 Å². The lowest BCUT2D eigenvalue weighted by Gasteiger charge is -2.09. The molecular weight excluding hydrogens is 312 g/mol. The molecule has 1 aromatic heterocycles. The van der Waals surface area contributed by atoms with Crippen molar-refractivity contribution in [3.05, 3.63) is 65.2 Å². The Kier molecular flexibility index (Phi) is 4.15. The number of rotatable bonds is 4. The highest BCUT2D eigenvalue weighted by Gasteiger charge is 2.34. The van der Waals surface area contributed by atoms with Crippen LogP contribution in [0.4, 0.5) is 4.79 Å². The minimum atomic E-state index is -0.622. The number of imide groups is 1. The summed E-state index contributed by atoms with van der Waals surface area (Å²) >= 11 is 0. The number of furan rings is 1. The summed E-state index contributed by atoms with van der Waals surface area (Å²) in [4.78, 5) is 36.7. The average molecular weight is 326 g/mol. The normalized spacial score (nSPS) is 15.7. The SMILES string of the molecule is COC(=O)c1ccc(CN2C(=O)NC(=Cc3ccccc3)C2=O)o1. The van der Waals surface area contributed by atoms with Gasteiger partial charge in [-0.1, -0.05) is 30.3 Å². The van der Waals surface area contributed by atoms with Gasteiger partial charge >= 0.3 is 12.0 Å². The summed E-state index contributed by atoms with van der Waals surface area (Å²) in [6.45, 7) is -0.0756. The second-order valence-electron chi connectivity index (χ2n) is 5.05. The number of methoxy groups -OCH3 is 1. The van der Waals surface area contributed by atoms with E-state index in [2.05, 4.69) is 10.1 Å². The Morgan fingerprint density at radius 3 is 2.67 bits per heavy atom. The van der Waals surface area contributed by atoms with E-state index in [-0.39, 0.29) is 18.0 Å². The molecule has 1 saturated heterocycles. The van der Waals surface area contributed by atoms with Crippen LogP contribution in [0.15, 0.2) is 52.6 Å². The predicted octanol–water partition coefficient (Wildman–Crippen LogP) is 2.16. The molecule has 0 atom stereocenters. The predicted molar refractivity (Wildman–Crippen MR) is 83.5 cm³/mol. The van der Waals surface area contributed by atoms with Gasteiger partial charge in [-0.25, -0.2) is 9.59 Å². The van der Waals surface area contributed by atoms with Gasteiger partial charge in [0.1, 0.15) is 11.5 Å². The Morgan fingerprint density at radius 2 is 1.96 bits per heavy atom. The summed E-state index contributed by atoms with van der Waals surface area (Å²) in [5.74, 6) is -0.762. The Bertz CT molecular complexity index is 823. The van der Waals surface area contributed by atoms with Crippen LogP contribution in [0.2, 0.25) is 0 Å². The van der Waals surface area contributed by atoms with Crippen LogP contribution in [0.25, 0.3) is 6.08 Å². The van der Waals surface area contributed by atoms with Crippen LogP contribution < -0.4 is 5.32 Å². The van der Waals surface area contributed by atoms with Crippen molar-refractivity contribution in [3.63, 3.8) is 0 Å². The van der Waals surface area contributed by atoms with Crippen molar-refractivity contribution in [1.29, 1.82) is 0 Å². The molecular formula is C17H14N2O5. The fraction of sp³-hybridized carbons (Fsp3) is 0.118. The second-order valence-corrected chi connectivity index (χ2v) is 5.05. The largest absolute Gasteiger partial charge is 0.463 e. The van der Waals surface area contributed by atoms with E-state index in [0.29, 0.717) is 5.76 Å². The van der Waals surface area contributed by atoms with Crippen LogP contribution >= 0.6 is 0 Å². The van der Waals surface area contributed by atoms with Crippen molar-refractivity contribution in [3.8, 4) is 0 Å². The van der Waals surface area contributed by atoms with Gasteiger partial charge in [-0.2, -0.15) is 0 Å². The first-order valence-corrected chi connectivity index (χ1v) is 7.15. The second kappa shape index (κ2) is 6.41. The molecule has 24 heavy (non-hydrogen) atoms. The number of nitrogens with one attached hydrogen (secondary N) is 1. The van der Waals surface area contributed by atoms with Crippen LogP contribution in [-0.2, 0) is 16.1 Å². The van der Waals surface area contributed by atoms with Crippen LogP contribution in [0, 0.1) is 0 Å². The summed E-state index contributed by atoms with van der Waals surface area (Å²) in [7, 11) is 1.24. The van der Waals surface area contributed by atoms with Crippen molar-refractivity contribution in [1.82, 2.24) is 10.2 Å². The molecule has 1 aliphatic heterocycles. The molecule has 122 valence electrons. The Hall–Kier alpha value is -3.35. The third kappa shape index (κ3) is 3.05. The number of urea groups is 1. The molecule has 2 heterocycles. The number of ether oxygens (including phenoxy) is 1. The Morgan fingerprint density at radius 1 is 1.21 bits per heavy atom. The van der Waals surface area contributed by atoms with Crippen molar-refractivity contribution in [2.24, 2.45) is 0 Å². The highest BCUT2D eigenvalue weighted by molar-refractivity contribution is 6.13. The minimum absolute atomic E-state index is 0.0135. The summed E-state index contributed by atoms with van der Waals surface area (Å²) in [6, 6.07) is 11.6. The van der Waals surface area contributed by atoms with Crippen molar-refractivity contribution in [2.45, 2.75) is 6.54 Å². The highest BCUT2D eigenvalue weighted by atomic mass is 16.5. The number of hydrogen-bond acceptors (Lipinski definition) is 5. The zero-order valence-electron chi connectivity index (χ0n) is 12.8. The van der Waals surface area contributed by atoms with Gasteiger partial charge in [0.2, 0.25) is 5.76 Å². The number of carbonyl (C=O) groups is 3. The molecule has 0 aliphatic carbocycles. The first-order valence-electron chi connectivity index (χ1n) is 7.15. The lowest BCUT2D eigenvalue weighted by atomic mass is 10.2. The number of carbonyl (C=O) groups excluding carboxylic acids is 3. The fourth-order valence-corrected chi connectivity index (χ4v) is 2.26. The summed E-state index contributed by atoms with van der Waals surface area (Å²) < 4.78 is 9.82. The molecule has 7 heteroatoms. The fourth-order valence-electron chi connectivity index (χ4n) is 2.26. The molecule has 0 saturated carbocycles. The number of amides is 3. The molecule has 7 nitrogen and oxygen atoms in total. The Balaban J connectivity index is 1.76. The van der Waals surface area contributed by atoms with Crippen molar-refractivity contribution < 1.29 is 23.5 Å². The van der Waals surface area contributed by atoms with E-state index < -0.39 is 17.9 Å². The van der Waals surface area contributed by atoms with Gasteiger partial charge in [-0.3, -0.25) is 9.69 Å². The molecule has 0 bridgehead atoms. The quantitative estimate of drug-likeness (QED) is 0.528. The number of esters is 1. The maximum absolute atomic E-state index is 12.4. The lowest BCUT2D eigenvalue weighted by molar-refractivity contribution is -0.123. The van der Waals surface area contributed by atoms with Gasteiger partial charge in [0.15, 0.2) is 0 Å². The van der Waals surface area contributed by atoms with Gasteiger partial charge in [0.25, 0.3) is 5.91 Å². The van der Waals surface area contributed by atoms with Crippen LogP contribution in [0.5, 0.6) is 0 Å². The molecule has 0 radical (unpaired) electrons. The van der Waals surface area contributed by atoms with E-state index in [4.69, 9.17) is 4.42 Å². The summed E-state index contributed by atoms with van der Waals surface area (Å²) in [5, 5.41) is 2.53. The highest BCUT2D eigenvalue weighted by Crippen LogP contribution is 2.18. The molecule has 2 aromatic rings. The molecule has 1 N–H and O–H groups in total. The third-order valence-electron chi connectivity index (χ3n) is 3.44. The Labute approximate surface area is 137 Å². The van der Waals surface area contributed by atoms with Crippen molar-refractivity contribution in [2.75, 3.05) is 7.11 Å². The monoisotopic (exact) mass is 326 g/mol. The molecule has 3 rings (SSSR count). The zero-order valence-corrected chi connectivity index (χ0v) is 12.8. The maximum Gasteiger partial charge on any atom is 0.373 e.